The molecule has 1 rings (SSSR count). The fraction of sp³-hybridized carbons (Fsp3) is 0.286. The first-order chi connectivity index (χ1) is 6.79. The van der Waals surface area contributed by atoms with E-state index in [1.807, 2.05) is 0 Å². The third kappa shape index (κ3) is 3.79. The molecular weight excluding hydrogens is 240 g/mol. The number of rotatable bonds is 3. The summed E-state index contributed by atoms with van der Waals surface area (Å²) in [6, 6.07) is 1.31. The van der Waals surface area contributed by atoms with E-state index in [1.54, 1.807) is 0 Å². The average molecular weight is 249 g/mol. The van der Waals surface area contributed by atoms with Crippen LogP contribution < -0.4 is 5.46 Å². The first-order valence-corrected chi connectivity index (χ1v) is 6.41. The van der Waals surface area contributed by atoms with E-state index in [4.69, 9.17) is 21.6 Å². The summed E-state index contributed by atoms with van der Waals surface area (Å²) in [5.74, 6) is -0.278. The van der Waals surface area contributed by atoms with E-state index in [9.17, 15) is 8.42 Å². The van der Waals surface area contributed by atoms with Gasteiger partial charge in [-0.05, 0) is 0 Å². The molecule has 0 aliphatic carbocycles. The maximum absolute atomic E-state index is 11.0. The van der Waals surface area contributed by atoms with Crippen LogP contribution in [0.1, 0.15) is 5.56 Å². The van der Waals surface area contributed by atoms with Crippen LogP contribution in [0.15, 0.2) is 12.3 Å². The SMILES string of the molecule is CS(=O)(=O)Cc1cc(B(O)O)cnc1Cl. The molecule has 82 valence electrons. The molecular formula is C7H9BClNO4S. The molecule has 1 aromatic rings. The van der Waals surface area contributed by atoms with E-state index < -0.39 is 17.0 Å². The Labute approximate surface area is 92.8 Å². The van der Waals surface area contributed by atoms with Gasteiger partial charge in [0.2, 0.25) is 0 Å². The van der Waals surface area contributed by atoms with Crippen molar-refractivity contribution < 1.29 is 18.5 Å². The second-order valence-corrected chi connectivity index (χ2v) is 5.66. The summed E-state index contributed by atoms with van der Waals surface area (Å²) in [5.41, 5.74) is 0.364. The Hall–Kier alpha value is -0.625. The fourth-order valence-corrected chi connectivity index (χ4v) is 2.07. The van der Waals surface area contributed by atoms with Crippen LogP contribution >= 0.6 is 11.6 Å². The van der Waals surface area contributed by atoms with Crippen LogP contribution in [0.4, 0.5) is 0 Å². The predicted octanol–water partition coefficient (Wildman–Crippen LogP) is -1.04. The highest BCUT2D eigenvalue weighted by atomic mass is 35.5. The number of aromatic nitrogens is 1. The smallest absolute Gasteiger partial charge is 0.423 e. The lowest BCUT2D eigenvalue weighted by molar-refractivity contribution is 0.425. The minimum atomic E-state index is -3.23. The summed E-state index contributed by atoms with van der Waals surface area (Å²) < 4.78 is 22.0. The van der Waals surface area contributed by atoms with Gasteiger partial charge in [0.25, 0.3) is 0 Å². The minimum absolute atomic E-state index is 0.0461. The molecule has 0 fully saturated rings. The normalized spacial score (nSPS) is 11.5. The maximum Gasteiger partial charge on any atom is 0.490 e. The topological polar surface area (TPSA) is 87.5 Å². The molecule has 0 aliphatic rings. The second kappa shape index (κ2) is 4.48. The van der Waals surface area contributed by atoms with Gasteiger partial charge in [0, 0.05) is 23.5 Å². The van der Waals surface area contributed by atoms with Gasteiger partial charge in [0.15, 0.2) is 9.84 Å². The summed E-state index contributed by atoms with van der Waals surface area (Å²) in [6.07, 6.45) is 2.24. The van der Waals surface area contributed by atoms with Gasteiger partial charge in [-0.1, -0.05) is 17.7 Å². The molecule has 0 spiro atoms. The van der Waals surface area contributed by atoms with E-state index in [2.05, 4.69) is 4.98 Å². The summed E-state index contributed by atoms with van der Waals surface area (Å²) in [6.45, 7) is 0. The predicted molar refractivity (Wildman–Crippen MR) is 57.6 cm³/mol. The van der Waals surface area contributed by atoms with E-state index >= 15 is 0 Å². The van der Waals surface area contributed by atoms with Crippen molar-refractivity contribution in [2.75, 3.05) is 6.26 Å². The fourth-order valence-electron chi connectivity index (χ4n) is 1.04. The molecule has 1 heterocycles. The Morgan fingerprint density at radius 2 is 2.13 bits per heavy atom. The van der Waals surface area contributed by atoms with Crippen LogP contribution in [0, 0.1) is 0 Å². The van der Waals surface area contributed by atoms with Crippen LogP contribution in [-0.2, 0) is 15.6 Å². The molecule has 0 bridgehead atoms. The van der Waals surface area contributed by atoms with E-state index in [0.29, 0.717) is 0 Å². The van der Waals surface area contributed by atoms with E-state index in [1.165, 1.54) is 12.3 Å². The lowest BCUT2D eigenvalue weighted by atomic mass is 9.81. The molecule has 2 N–H and O–H groups in total. The summed E-state index contributed by atoms with van der Waals surface area (Å²) >= 11 is 5.67. The highest BCUT2D eigenvalue weighted by molar-refractivity contribution is 7.89. The Morgan fingerprint density at radius 1 is 1.53 bits per heavy atom. The molecule has 1 aromatic heterocycles. The quantitative estimate of drug-likeness (QED) is 0.528. The van der Waals surface area contributed by atoms with Gasteiger partial charge in [-0.2, -0.15) is 0 Å². The number of nitrogens with zero attached hydrogens (tertiary/aromatic N) is 1. The van der Waals surface area contributed by atoms with Crippen molar-refractivity contribution in [1.29, 1.82) is 0 Å². The summed E-state index contributed by atoms with van der Waals surface area (Å²) in [7, 11) is -4.92. The van der Waals surface area contributed by atoms with Gasteiger partial charge in [0.05, 0.1) is 5.75 Å². The average Bonchev–Trinajstić information content (AvgIpc) is 2.06. The molecule has 15 heavy (non-hydrogen) atoms. The molecule has 0 saturated carbocycles. The number of hydrogen-bond donors (Lipinski definition) is 2. The number of halogens is 1. The lowest BCUT2D eigenvalue weighted by Gasteiger charge is -2.05. The molecule has 0 aromatic carbocycles. The van der Waals surface area contributed by atoms with Crippen LogP contribution in [0.5, 0.6) is 0 Å². The molecule has 0 amide bonds. The highest BCUT2D eigenvalue weighted by Gasteiger charge is 2.16. The molecule has 0 unspecified atom stereocenters. The number of pyridine rings is 1. The third-order valence-corrected chi connectivity index (χ3v) is 2.82. The highest BCUT2D eigenvalue weighted by Crippen LogP contribution is 2.13. The zero-order valence-electron chi connectivity index (χ0n) is 7.88. The molecule has 8 heteroatoms. The van der Waals surface area contributed by atoms with Crippen molar-refractivity contribution in [2.45, 2.75) is 5.75 Å². The largest absolute Gasteiger partial charge is 0.490 e. The molecule has 0 saturated heterocycles. The van der Waals surface area contributed by atoms with Crippen molar-refractivity contribution in [1.82, 2.24) is 4.98 Å². The van der Waals surface area contributed by atoms with Crippen molar-refractivity contribution >= 4 is 34.0 Å². The Bertz CT molecular complexity index is 462. The van der Waals surface area contributed by atoms with Crippen LogP contribution in [0.2, 0.25) is 5.15 Å². The van der Waals surface area contributed by atoms with Gasteiger partial charge < -0.3 is 10.0 Å². The molecule has 0 aliphatic heterocycles. The van der Waals surface area contributed by atoms with Crippen molar-refractivity contribution in [2.24, 2.45) is 0 Å². The van der Waals surface area contributed by atoms with Crippen LogP contribution in [0.25, 0.3) is 0 Å². The molecule has 0 atom stereocenters. The van der Waals surface area contributed by atoms with Gasteiger partial charge in [-0.25, -0.2) is 13.4 Å². The Morgan fingerprint density at radius 3 is 2.60 bits per heavy atom. The van der Waals surface area contributed by atoms with Crippen LogP contribution in [-0.4, -0.2) is 36.8 Å². The van der Waals surface area contributed by atoms with Crippen molar-refractivity contribution in [3.8, 4) is 0 Å². The molecule has 5 nitrogen and oxygen atoms in total. The van der Waals surface area contributed by atoms with Gasteiger partial charge in [-0.3, -0.25) is 0 Å². The summed E-state index contributed by atoms with van der Waals surface area (Å²) in [5, 5.41) is 17.8. The second-order valence-electron chi connectivity index (χ2n) is 3.16. The Kier molecular flexibility index (Phi) is 3.72. The minimum Gasteiger partial charge on any atom is -0.423 e. The Balaban J connectivity index is 3.11. The monoisotopic (exact) mass is 249 g/mol. The third-order valence-electron chi connectivity index (χ3n) is 1.65. The lowest BCUT2D eigenvalue weighted by Crippen LogP contribution is -2.30. The van der Waals surface area contributed by atoms with E-state index in [0.717, 1.165) is 6.26 Å². The maximum atomic E-state index is 11.0. The first-order valence-electron chi connectivity index (χ1n) is 3.98. The van der Waals surface area contributed by atoms with Gasteiger partial charge in [-0.15, -0.1) is 0 Å². The van der Waals surface area contributed by atoms with Gasteiger partial charge in [0.1, 0.15) is 5.15 Å². The molecule has 0 radical (unpaired) electrons. The zero-order chi connectivity index (χ0) is 11.6. The van der Waals surface area contributed by atoms with Gasteiger partial charge >= 0.3 is 7.12 Å². The first kappa shape index (κ1) is 12.4. The standard InChI is InChI=1S/C7H9BClNO4S/c1-15(13,14)4-5-2-6(8(11)12)3-10-7(5)9/h2-3,11-12H,4H2,1H3. The van der Waals surface area contributed by atoms with Crippen molar-refractivity contribution in [3.05, 3.63) is 23.0 Å². The summed E-state index contributed by atoms with van der Waals surface area (Å²) in [4.78, 5) is 3.67. The number of sulfone groups is 1. The zero-order valence-corrected chi connectivity index (χ0v) is 9.46. The number of hydrogen-bond acceptors (Lipinski definition) is 5. The van der Waals surface area contributed by atoms with E-state index in [-0.39, 0.29) is 21.9 Å². The van der Waals surface area contributed by atoms with Crippen LogP contribution in [0.3, 0.4) is 0 Å². The van der Waals surface area contributed by atoms with Crippen molar-refractivity contribution in [3.63, 3.8) is 0 Å².